The molecule has 4 heteroatoms. The topological polar surface area (TPSA) is 55.0 Å². The van der Waals surface area contributed by atoms with Crippen LogP contribution in [-0.2, 0) is 6.54 Å². The largest absolute Gasteiger partial charge is 0.328 e. The molecule has 0 unspecified atom stereocenters. The van der Waals surface area contributed by atoms with Crippen LogP contribution >= 0.6 is 0 Å². The van der Waals surface area contributed by atoms with Crippen molar-refractivity contribution >= 4 is 11.5 Å². The van der Waals surface area contributed by atoms with E-state index in [2.05, 4.69) is 16.3 Å². The number of rotatable bonds is 3. The van der Waals surface area contributed by atoms with E-state index >= 15 is 0 Å². The van der Waals surface area contributed by atoms with Gasteiger partial charge in [-0.3, -0.25) is 0 Å². The Labute approximate surface area is 101 Å². The molecule has 0 radical (unpaired) electrons. The lowest BCUT2D eigenvalue weighted by atomic mass is 10.2. The van der Waals surface area contributed by atoms with Gasteiger partial charge in [0.15, 0.2) is 5.82 Å². The van der Waals surface area contributed by atoms with E-state index in [0.717, 1.165) is 22.6 Å². The lowest BCUT2D eigenvalue weighted by molar-refractivity contribution is 0.973. The van der Waals surface area contributed by atoms with Crippen LogP contribution in [0.4, 0.5) is 11.5 Å². The third-order valence-corrected chi connectivity index (χ3v) is 2.66. The van der Waals surface area contributed by atoms with E-state index in [9.17, 15) is 0 Å². The maximum absolute atomic E-state index is 5.64. The summed E-state index contributed by atoms with van der Waals surface area (Å²) < 4.78 is 0. The average molecular weight is 228 g/mol. The Kier molecular flexibility index (Phi) is 3.35. The summed E-state index contributed by atoms with van der Waals surface area (Å²) in [6.45, 7) is 2.55. The number of hydrogen-bond donors (Lipinski definition) is 1. The number of benzene rings is 1. The summed E-state index contributed by atoms with van der Waals surface area (Å²) in [4.78, 5) is 2.00. The maximum Gasteiger partial charge on any atom is 0.155 e. The van der Waals surface area contributed by atoms with E-state index in [1.165, 1.54) is 0 Å². The van der Waals surface area contributed by atoms with Crippen molar-refractivity contribution < 1.29 is 0 Å². The van der Waals surface area contributed by atoms with Crippen LogP contribution in [0.1, 0.15) is 11.1 Å². The fourth-order valence-electron chi connectivity index (χ4n) is 1.64. The van der Waals surface area contributed by atoms with Crippen molar-refractivity contribution in [2.75, 3.05) is 11.9 Å². The lowest BCUT2D eigenvalue weighted by Gasteiger charge is -2.18. The summed E-state index contributed by atoms with van der Waals surface area (Å²) >= 11 is 0. The molecule has 0 bridgehead atoms. The molecular formula is C13H16N4. The minimum atomic E-state index is 0.543. The van der Waals surface area contributed by atoms with E-state index in [1.807, 2.05) is 43.1 Å². The van der Waals surface area contributed by atoms with Crippen LogP contribution in [0, 0.1) is 6.92 Å². The van der Waals surface area contributed by atoms with Crippen LogP contribution in [0.15, 0.2) is 36.5 Å². The summed E-state index contributed by atoms with van der Waals surface area (Å²) in [5, 5.41) is 8.07. The van der Waals surface area contributed by atoms with E-state index < -0.39 is 0 Å². The molecule has 0 aliphatic carbocycles. The maximum atomic E-state index is 5.64. The number of hydrogen-bond acceptors (Lipinski definition) is 4. The molecule has 1 aromatic carbocycles. The second-order valence-corrected chi connectivity index (χ2v) is 4.02. The van der Waals surface area contributed by atoms with Crippen LogP contribution in [-0.4, -0.2) is 17.2 Å². The molecule has 1 aromatic heterocycles. The smallest absolute Gasteiger partial charge is 0.155 e. The first-order chi connectivity index (χ1) is 8.20. The van der Waals surface area contributed by atoms with Crippen molar-refractivity contribution in [1.82, 2.24) is 10.2 Å². The third kappa shape index (κ3) is 2.60. The first kappa shape index (κ1) is 11.5. The molecule has 0 spiro atoms. The second-order valence-electron chi connectivity index (χ2n) is 4.02. The summed E-state index contributed by atoms with van der Waals surface area (Å²) in [5.41, 5.74) is 8.90. The van der Waals surface area contributed by atoms with Gasteiger partial charge in [-0.2, -0.15) is 5.10 Å². The zero-order valence-corrected chi connectivity index (χ0v) is 10.1. The van der Waals surface area contributed by atoms with Gasteiger partial charge in [-0.15, -0.1) is 5.10 Å². The zero-order valence-electron chi connectivity index (χ0n) is 10.1. The predicted octanol–water partition coefficient (Wildman–Crippen LogP) is 2.01. The Balaban J connectivity index is 2.33. The van der Waals surface area contributed by atoms with Crippen molar-refractivity contribution in [1.29, 1.82) is 0 Å². The van der Waals surface area contributed by atoms with Gasteiger partial charge in [0.25, 0.3) is 0 Å². The molecule has 0 aliphatic heterocycles. The van der Waals surface area contributed by atoms with Crippen LogP contribution in [0.3, 0.4) is 0 Å². The zero-order chi connectivity index (χ0) is 12.3. The van der Waals surface area contributed by atoms with Crippen molar-refractivity contribution in [3.63, 3.8) is 0 Å². The molecule has 88 valence electrons. The Hall–Kier alpha value is -1.94. The molecule has 17 heavy (non-hydrogen) atoms. The molecule has 0 saturated carbocycles. The highest BCUT2D eigenvalue weighted by atomic mass is 15.2. The summed E-state index contributed by atoms with van der Waals surface area (Å²) in [7, 11) is 1.97. The van der Waals surface area contributed by atoms with Gasteiger partial charge < -0.3 is 10.6 Å². The minimum Gasteiger partial charge on any atom is -0.328 e. The van der Waals surface area contributed by atoms with Crippen LogP contribution < -0.4 is 10.6 Å². The van der Waals surface area contributed by atoms with Gasteiger partial charge in [-0.25, -0.2) is 0 Å². The molecule has 0 amide bonds. The summed E-state index contributed by atoms with van der Waals surface area (Å²) in [6, 6.07) is 10.1. The van der Waals surface area contributed by atoms with Crippen LogP contribution in [0.25, 0.3) is 0 Å². The molecule has 2 aromatic rings. The Bertz CT molecular complexity index is 510. The highest BCUT2D eigenvalue weighted by molar-refractivity contribution is 5.59. The van der Waals surface area contributed by atoms with Gasteiger partial charge in [0.2, 0.25) is 0 Å². The predicted molar refractivity (Wildman–Crippen MR) is 69.2 cm³/mol. The SMILES string of the molecule is Cc1cnnc(N(C)c2cccc(CN)c2)c1. The molecule has 2 rings (SSSR count). The average Bonchev–Trinajstić information content (AvgIpc) is 2.38. The van der Waals surface area contributed by atoms with Gasteiger partial charge >= 0.3 is 0 Å². The molecule has 1 heterocycles. The van der Waals surface area contributed by atoms with E-state index in [1.54, 1.807) is 6.20 Å². The van der Waals surface area contributed by atoms with Crippen molar-refractivity contribution in [3.05, 3.63) is 47.7 Å². The molecule has 4 nitrogen and oxygen atoms in total. The van der Waals surface area contributed by atoms with Crippen molar-refractivity contribution in [2.45, 2.75) is 13.5 Å². The minimum absolute atomic E-state index is 0.543. The molecule has 0 fully saturated rings. The molecule has 2 N–H and O–H groups in total. The normalized spacial score (nSPS) is 10.3. The third-order valence-electron chi connectivity index (χ3n) is 2.66. The number of nitrogens with two attached hydrogens (primary N) is 1. The Morgan fingerprint density at radius 3 is 2.82 bits per heavy atom. The number of aromatic nitrogens is 2. The van der Waals surface area contributed by atoms with Crippen LogP contribution in [0.2, 0.25) is 0 Å². The van der Waals surface area contributed by atoms with Gasteiger partial charge in [0, 0.05) is 19.3 Å². The Morgan fingerprint density at radius 1 is 1.29 bits per heavy atom. The van der Waals surface area contributed by atoms with Gasteiger partial charge in [-0.1, -0.05) is 12.1 Å². The van der Waals surface area contributed by atoms with Gasteiger partial charge in [0.05, 0.1) is 6.20 Å². The van der Waals surface area contributed by atoms with Gasteiger partial charge in [-0.05, 0) is 36.2 Å². The molecular weight excluding hydrogens is 212 g/mol. The highest BCUT2D eigenvalue weighted by Gasteiger charge is 2.06. The van der Waals surface area contributed by atoms with E-state index in [0.29, 0.717) is 6.54 Å². The standard InChI is InChI=1S/C13H16N4/c1-10-6-13(16-15-9-10)17(2)12-5-3-4-11(7-12)8-14/h3-7,9H,8,14H2,1-2H3. The van der Waals surface area contributed by atoms with Crippen molar-refractivity contribution in [3.8, 4) is 0 Å². The molecule has 0 saturated heterocycles. The lowest BCUT2D eigenvalue weighted by Crippen LogP contribution is -2.12. The fourth-order valence-corrected chi connectivity index (χ4v) is 1.64. The number of nitrogens with zero attached hydrogens (tertiary/aromatic N) is 3. The molecule has 0 aliphatic rings. The second kappa shape index (κ2) is 4.93. The first-order valence-electron chi connectivity index (χ1n) is 5.53. The molecule has 0 atom stereocenters. The summed E-state index contributed by atoms with van der Waals surface area (Å²) in [6.07, 6.45) is 1.74. The van der Waals surface area contributed by atoms with Gasteiger partial charge in [0.1, 0.15) is 0 Å². The first-order valence-corrected chi connectivity index (χ1v) is 5.53. The number of anilines is 2. The number of aryl methyl sites for hydroxylation is 1. The Morgan fingerprint density at radius 2 is 2.12 bits per heavy atom. The van der Waals surface area contributed by atoms with Crippen molar-refractivity contribution in [2.24, 2.45) is 5.73 Å². The van der Waals surface area contributed by atoms with Crippen LogP contribution in [0.5, 0.6) is 0 Å². The van der Waals surface area contributed by atoms with E-state index in [-0.39, 0.29) is 0 Å². The van der Waals surface area contributed by atoms with E-state index in [4.69, 9.17) is 5.73 Å². The summed E-state index contributed by atoms with van der Waals surface area (Å²) in [5.74, 6) is 0.833. The highest BCUT2D eigenvalue weighted by Crippen LogP contribution is 2.22. The monoisotopic (exact) mass is 228 g/mol. The quantitative estimate of drug-likeness (QED) is 0.873. The fraction of sp³-hybridized carbons (Fsp3) is 0.231.